The summed E-state index contributed by atoms with van der Waals surface area (Å²) in [4.78, 5) is 26.0. The Bertz CT molecular complexity index is 576. The van der Waals surface area contributed by atoms with Gasteiger partial charge >= 0.3 is 0 Å². The second-order valence-corrected chi connectivity index (χ2v) is 6.04. The zero-order valence-electron chi connectivity index (χ0n) is 13.6. The number of hydrogen-bond donors (Lipinski definition) is 2. The van der Waals surface area contributed by atoms with Crippen LogP contribution in [0.2, 0.25) is 0 Å². The molecule has 0 saturated carbocycles. The van der Waals surface area contributed by atoms with E-state index in [1.165, 1.54) is 0 Å². The van der Waals surface area contributed by atoms with Gasteiger partial charge in [0, 0.05) is 31.7 Å². The highest BCUT2D eigenvalue weighted by molar-refractivity contribution is 5.95. The maximum Gasteiger partial charge on any atom is 0.243 e. The summed E-state index contributed by atoms with van der Waals surface area (Å²) in [6.45, 7) is 3.15. The van der Waals surface area contributed by atoms with Gasteiger partial charge in [-0.15, -0.1) is 12.4 Å². The normalized spacial score (nSPS) is 21.1. The van der Waals surface area contributed by atoms with Gasteiger partial charge in [0.15, 0.2) is 0 Å². The maximum atomic E-state index is 12.2. The fourth-order valence-corrected chi connectivity index (χ4v) is 2.96. The summed E-state index contributed by atoms with van der Waals surface area (Å²) >= 11 is 0. The van der Waals surface area contributed by atoms with Crippen molar-refractivity contribution < 1.29 is 14.3 Å². The van der Waals surface area contributed by atoms with Crippen LogP contribution in [0.25, 0.3) is 0 Å². The SMILES string of the molecule is Cl.O=C(Nc1cccc(CN2CCCCC2=O)c1)C1COCCN1. The van der Waals surface area contributed by atoms with Gasteiger partial charge in [-0.25, -0.2) is 0 Å². The molecule has 0 aromatic heterocycles. The molecule has 2 amide bonds. The molecule has 1 aromatic rings. The average Bonchev–Trinajstić information content (AvgIpc) is 2.58. The van der Waals surface area contributed by atoms with Crippen LogP contribution in [0.3, 0.4) is 0 Å². The van der Waals surface area contributed by atoms with E-state index in [1.54, 1.807) is 0 Å². The highest BCUT2D eigenvalue weighted by Crippen LogP contribution is 2.17. The fourth-order valence-electron chi connectivity index (χ4n) is 2.96. The van der Waals surface area contributed by atoms with Crippen LogP contribution < -0.4 is 10.6 Å². The molecule has 2 saturated heterocycles. The van der Waals surface area contributed by atoms with E-state index in [0.717, 1.165) is 30.6 Å². The van der Waals surface area contributed by atoms with Crippen LogP contribution >= 0.6 is 12.4 Å². The lowest BCUT2D eigenvalue weighted by Crippen LogP contribution is -2.48. The molecule has 1 atom stereocenters. The number of nitrogens with zero attached hydrogens (tertiary/aromatic N) is 1. The number of carbonyl (C=O) groups excluding carboxylic acids is 2. The van der Waals surface area contributed by atoms with Crippen LogP contribution in [0.1, 0.15) is 24.8 Å². The van der Waals surface area contributed by atoms with Gasteiger partial charge in [0.25, 0.3) is 0 Å². The molecule has 2 fully saturated rings. The lowest BCUT2D eigenvalue weighted by molar-refractivity contribution is -0.133. The third kappa shape index (κ3) is 4.93. The van der Waals surface area contributed by atoms with Crippen molar-refractivity contribution in [3.05, 3.63) is 29.8 Å². The average molecular weight is 354 g/mol. The van der Waals surface area contributed by atoms with E-state index in [4.69, 9.17) is 4.74 Å². The molecule has 1 unspecified atom stereocenters. The van der Waals surface area contributed by atoms with Crippen LogP contribution in [0, 0.1) is 0 Å². The summed E-state index contributed by atoms with van der Waals surface area (Å²) in [5, 5.41) is 6.05. The van der Waals surface area contributed by atoms with Crippen molar-refractivity contribution in [3.63, 3.8) is 0 Å². The Balaban J connectivity index is 0.00000208. The van der Waals surface area contributed by atoms with E-state index in [9.17, 15) is 9.59 Å². The van der Waals surface area contributed by atoms with Gasteiger partial charge in [0.2, 0.25) is 11.8 Å². The molecule has 0 aliphatic carbocycles. The van der Waals surface area contributed by atoms with Crippen molar-refractivity contribution >= 4 is 29.9 Å². The number of rotatable bonds is 4. The minimum absolute atomic E-state index is 0. The molecule has 24 heavy (non-hydrogen) atoms. The molecule has 2 aliphatic heterocycles. The highest BCUT2D eigenvalue weighted by Gasteiger charge is 2.21. The van der Waals surface area contributed by atoms with Crippen molar-refractivity contribution in [3.8, 4) is 0 Å². The summed E-state index contributed by atoms with van der Waals surface area (Å²) in [6.07, 6.45) is 2.70. The number of halogens is 1. The van der Waals surface area contributed by atoms with Gasteiger partial charge in [-0.3, -0.25) is 9.59 Å². The van der Waals surface area contributed by atoms with E-state index >= 15 is 0 Å². The molecule has 0 spiro atoms. The van der Waals surface area contributed by atoms with Crippen molar-refractivity contribution in [2.24, 2.45) is 0 Å². The summed E-state index contributed by atoms with van der Waals surface area (Å²) in [6, 6.07) is 7.38. The number of piperidine rings is 1. The third-order valence-corrected chi connectivity index (χ3v) is 4.23. The molecule has 2 aliphatic rings. The van der Waals surface area contributed by atoms with E-state index in [1.807, 2.05) is 29.2 Å². The maximum absolute atomic E-state index is 12.2. The Labute approximate surface area is 148 Å². The van der Waals surface area contributed by atoms with Gasteiger partial charge in [0.05, 0.1) is 13.2 Å². The lowest BCUT2D eigenvalue weighted by Gasteiger charge is -2.27. The van der Waals surface area contributed by atoms with E-state index < -0.39 is 0 Å². The third-order valence-electron chi connectivity index (χ3n) is 4.23. The summed E-state index contributed by atoms with van der Waals surface area (Å²) in [5.74, 6) is 0.130. The van der Waals surface area contributed by atoms with Crippen LogP contribution in [0.15, 0.2) is 24.3 Å². The van der Waals surface area contributed by atoms with Gasteiger partial charge < -0.3 is 20.3 Å². The Kier molecular flexibility index (Phi) is 7.02. The smallest absolute Gasteiger partial charge is 0.243 e. The molecule has 3 rings (SSSR count). The molecule has 1 aromatic carbocycles. The van der Waals surface area contributed by atoms with Crippen LogP contribution in [-0.4, -0.2) is 49.1 Å². The number of amides is 2. The van der Waals surface area contributed by atoms with E-state index in [-0.39, 0.29) is 30.3 Å². The van der Waals surface area contributed by atoms with Crippen LogP contribution in [-0.2, 0) is 20.9 Å². The second kappa shape index (κ2) is 9.01. The van der Waals surface area contributed by atoms with Gasteiger partial charge in [-0.2, -0.15) is 0 Å². The molecule has 6 nitrogen and oxygen atoms in total. The van der Waals surface area contributed by atoms with E-state index in [0.29, 0.717) is 32.7 Å². The Hall–Kier alpha value is -1.63. The van der Waals surface area contributed by atoms with Crippen LogP contribution in [0.5, 0.6) is 0 Å². The minimum Gasteiger partial charge on any atom is -0.378 e. The molecule has 0 radical (unpaired) electrons. The van der Waals surface area contributed by atoms with E-state index in [2.05, 4.69) is 10.6 Å². The minimum atomic E-state index is -0.309. The number of hydrogen-bond acceptors (Lipinski definition) is 4. The highest BCUT2D eigenvalue weighted by atomic mass is 35.5. The predicted molar refractivity (Wildman–Crippen MR) is 94.2 cm³/mol. The molecule has 2 heterocycles. The molecule has 132 valence electrons. The Morgan fingerprint density at radius 2 is 2.25 bits per heavy atom. The first-order valence-corrected chi connectivity index (χ1v) is 8.21. The molecular weight excluding hydrogens is 330 g/mol. The quantitative estimate of drug-likeness (QED) is 0.861. The lowest BCUT2D eigenvalue weighted by atomic mass is 10.1. The zero-order chi connectivity index (χ0) is 16.1. The zero-order valence-corrected chi connectivity index (χ0v) is 14.4. The van der Waals surface area contributed by atoms with Gasteiger partial charge in [0.1, 0.15) is 6.04 Å². The first-order chi connectivity index (χ1) is 11.2. The summed E-state index contributed by atoms with van der Waals surface area (Å²) in [7, 11) is 0. The van der Waals surface area contributed by atoms with Crippen molar-refractivity contribution in [1.29, 1.82) is 0 Å². The number of nitrogens with one attached hydrogen (secondary N) is 2. The Morgan fingerprint density at radius 1 is 1.38 bits per heavy atom. The summed E-state index contributed by atoms with van der Waals surface area (Å²) in [5.41, 5.74) is 1.79. The number of ether oxygens (including phenoxy) is 1. The molecule has 0 bridgehead atoms. The van der Waals surface area contributed by atoms with Crippen LogP contribution in [0.4, 0.5) is 5.69 Å². The first-order valence-electron chi connectivity index (χ1n) is 8.21. The largest absolute Gasteiger partial charge is 0.378 e. The Morgan fingerprint density at radius 3 is 3.00 bits per heavy atom. The van der Waals surface area contributed by atoms with Crippen molar-refractivity contribution in [2.75, 3.05) is 31.6 Å². The first kappa shape index (κ1) is 18.7. The van der Waals surface area contributed by atoms with Crippen molar-refractivity contribution in [2.45, 2.75) is 31.8 Å². The number of benzene rings is 1. The number of anilines is 1. The monoisotopic (exact) mass is 353 g/mol. The van der Waals surface area contributed by atoms with Gasteiger partial charge in [-0.1, -0.05) is 12.1 Å². The number of carbonyl (C=O) groups is 2. The predicted octanol–water partition coefficient (Wildman–Crippen LogP) is 1.55. The van der Waals surface area contributed by atoms with Crippen molar-refractivity contribution in [1.82, 2.24) is 10.2 Å². The summed E-state index contributed by atoms with van der Waals surface area (Å²) < 4.78 is 5.31. The molecule has 2 N–H and O–H groups in total. The fraction of sp³-hybridized carbons (Fsp3) is 0.529. The second-order valence-electron chi connectivity index (χ2n) is 6.04. The number of morpholine rings is 1. The number of likely N-dealkylation sites (tertiary alicyclic amines) is 1. The topological polar surface area (TPSA) is 70.7 Å². The molecular formula is C17H24ClN3O3. The standard InChI is InChI=1S/C17H23N3O3.ClH/c21-16-6-1-2-8-20(16)11-13-4-3-5-14(10-13)19-17(22)15-12-23-9-7-18-15;/h3-5,10,15,18H,1-2,6-9,11-12H2,(H,19,22);1H. The van der Waals surface area contributed by atoms with Gasteiger partial charge in [-0.05, 0) is 30.5 Å². The molecule has 7 heteroatoms.